The van der Waals surface area contributed by atoms with Gasteiger partial charge in [-0.3, -0.25) is 0 Å². The topological polar surface area (TPSA) is 19.0 Å². The van der Waals surface area contributed by atoms with Gasteiger partial charge in [-0.15, -0.1) is 0 Å². The van der Waals surface area contributed by atoms with Gasteiger partial charge in [0.2, 0.25) is 0 Å². The molecule has 0 amide bonds. The highest BCUT2D eigenvalue weighted by Crippen LogP contribution is 2.52. The molecule has 1 N–H and O–H groups in total. The number of hydrogen-bond acceptors (Lipinski definition) is 1. The number of nitrogens with zero attached hydrogens (tertiary/aromatic N) is 1. The van der Waals surface area contributed by atoms with Crippen LogP contribution in [-0.4, -0.2) is 4.98 Å². The molecule has 188 valence electrons. The Balaban J connectivity index is 1.32. The summed E-state index contributed by atoms with van der Waals surface area (Å²) in [6.45, 7) is 4.72. The molecule has 0 spiro atoms. The molecule has 2 heterocycles. The molecule has 2 nitrogen and oxygen atoms in total. The second-order valence-corrected chi connectivity index (χ2v) is 11.4. The molecule has 0 atom stereocenters. The number of aromatic nitrogens is 1. The van der Waals surface area contributed by atoms with E-state index in [4.69, 9.17) is 0 Å². The fourth-order valence-corrected chi connectivity index (χ4v) is 6.84. The first kappa shape index (κ1) is 22.4. The normalized spacial score (nSPS) is 15.9. The molecule has 0 saturated carbocycles. The third-order valence-electron chi connectivity index (χ3n) is 8.83. The second-order valence-electron chi connectivity index (χ2n) is 11.4. The molecule has 8 rings (SSSR count). The molecule has 0 radical (unpaired) electrons. The molecular formula is C37H30N2. The summed E-state index contributed by atoms with van der Waals surface area (Å²) in [5.41, 5.74) is 11.5. The molecule has 6 aromatic rings. The van der Waals surface area contributed by atoms with Crippen LogP contribution < -0.4 is 4.90 Å². The lowest BCUT2D eigenvalue weighted by atomic mass is 9.73. The quantitative estimate of drug-likeness (QED) is 0.249. The van der Waals surface area contributed by atoms with Gasteiger partial charge in [-0.05, 0) is 76.2 Å². The number of hydrogen-bond donors (Lipinski definition) is 1. The van der Waals surface area contributed by atoms with Crippen molar-refractivity contribution >= 4 is 44.0 Å². The van der Waals surface area contributed by atoms with Crippen molar-refractivity contribution in [3.63, 3.8) is 0 Å². The molecule has 0 unspecified atom stereocenters. The van der Waals surface area contributed by atoms with Gasteiger partial charge >= 0.3 is 0 Å². The Kier molecular flexibility index (Phi) is 4.73. The minimum atomic E-state index is -0.0752. The molecule has 0 bridgehead atoms. The summed E-state index contributed by atoms with van der Waals surface area (Å²) < 4.78 is 0. The number of para-hydroxylation sites is 1. The molecule has 0 saturated heterocycles. The van der Waals surface area contributed by atoms with E-state index in [0.29, 0.717) is 0 Å². The molecule has 1 aromatic heterocycles. The van der Waals surface area contributed by atoms with E-state index in [0.717, 1.165) is 12.8 Å². The van der Waals surface area contributed by atoms with Gasteiger partial charge in [0.15, 0.2) is 0 Å². The Morgan fingerprint density at radius 1 is 0.692 bits per heavy atom. The maximum atomic E-state index is 3.70. The zero-order chi connectivity index (χ0) is 26.1. The van der Waals surface area contributed by atoms with E-state index >= 15 is 0 Å². The van der Waals surface area contributed by atoms with Gasteiger partial charge in [-0.25, -0.2) is 0 Å². The average molecular weight is 503 g/mol. The van der Waals surface area contributed by atoms with Crippen LogP contribution in [0.2, 0.25) is 0 Å². The number of benzene rings is 5. The zero-order valence-electron chi connectivity index (χ0n) is 22.3. The van der Waals surface area contributed by atoms with E-state index < -0.39 is 0 Å². The zero-order valence-corrected chi connectivity index (χ0v) is 22.3. The smallest absolute Gasteiger partial charge is 0.0505 e. The van der Waals surface area contributed by atoms with Crippen LogP contribution in [-0.2, 0) is 5.41 Å². The molecule has 0 fully saturated rings. The minimum Gasteiger partial charge on any atom is -0.354 e. The molecule has 1 aliphatic heterocycles. The Morgan fingerprint density at radius 2 is 1.49 bits per heavy atom. The monoisotopic (exact) mass is 502 g/mol. The van der Waals surface area contributed by atoms with Crippen molar-refractivity contribution in [2.24, 2.45) is 0 Å². The standard InChI is InChI=1S/C37H30N2/c1-37(2)30-14-8-9-15-34(30)39(27-11-4-3-5-12-27)35-23-26(17-20-31(35)37)25-16-19-29-33(22-25)38-32-21-18-24-10-6-7-13-28(24)36(29)32/h3-4,6-11,13-23,38H,5,12H2,1-2H3. The van der Waals surface area contributed by atoms with Crippen LogP contribution in [0.25, 0.3) is 43.7 Å². The molecular weight excluding hydrogens is 472 g/mol. The third-order valence-corrected chi connectivity index (χ3v) is 8.83. The predicted molar refractivity (Wildman–Crippen MR) is 166 cm³/mol. The molecule has 2 heteroatoms. The van der Waals surface area contributed by atoms with Crippen LogP contribution in [0.3, 0.4) is 0 Å². The first-order chi connectivity index (χ1) is 19.1. The summed E-state index contributed by atoms with van der Waals surface area (Å²) >= 11 is 0. The number of H-pyrrole nitrogens is 1. The van der Waals surface area contributed by atoms with Crippen LogP contribution in [0.15, 0.2) is 121 Å². The van der Waals surface area contributed by atoms with E-state index in [1.165, 1.54) is 71.9 Å². The van der Waals surface area contributed by atoms with Crippen LogP contribution >= 0.6 is 0 Å². The van der Waals surface area contributed by atoms with Crippen molar-refractivity contribution in [2.75, 3.05) is 4.90 Å². The van der Waals surface area contributed by atoms with Crippen molar-refractivity contribution in [3.8, 4) is 11.1 Å². The highest BCUT2D eigenvalue weighted by molar-refractivity contribution is 6.20. The highest BCUT2D eigenvalue weighted by atomic mass is 15.2. The number of aromatic amines is 1. The van der Waals surface area contributed by atoms with Gasteiger partial charge in [0, 0.05) is 38.6 Å². The lowest BCUT2D eigenvalue weighted by Gasteiger charge is -2.43. The lowest BCUT2D eigenvalue weighted by molar-refractivity contribution is 0.628. The van der Waals surface area contributed by atoms with E-state index in [1.807, 2.05) is 0 Å². The van der Waals surface area contributed by atoms with E-state index in [9.17, 15) is 0 Å². The summed E-state index contributed by atoms with van der Waals surface area (Å²) in [7, 11) is 0. The Bertz CT molecular complexity index is 2000. The first-order valence-electron chi connectivity index (χ1n) is 13.9. The summed E-state index contributed by atoms with van der Waals surface area (Å²) in [5, 5.41) is 5.16. The fourth-order valence-electron chi connectivity index (χ4n) is 6.84. The lowest BCUT2D eigenvalue weighted by Crippen LogP contribution is -2.32. The van der Waals surface area contributed by atoms with Gasteiger partial charge in [0.25, 0.3) is 0 Å². The van der Waals surface area contributed by atoms with Gasteiger partial charge in [0.1, 0.15) is 0 Å². The van der Waals surface area contributed by atoms with E-state index in [-0.39, 0.29) is 5.41 Å². The van der Waals surface area contributed by atoms with Crippen molar-refractivity contribution in [1.29, 1.82) is 0 Å². The molecule has 1 aliphatic carbocycles. The van der Waals surface area contributed by atoms with E-state index in [2.05, 4.69) is 139 Å². The Hall–Kier alpha value is -4.56. The van der Waals surface area contributed by atoms with Crippen LogP contribution in [0.1, 0.15) is 37.8 Å². The molecule has 5 aromatic carbocycles. The molecule has 39 heavy (non-hydrogen) atoms. The fraction of sp³-hybridized carbons (Fsp3) is 0.135. The number of rotatable bonds is 2. The largest absolute Gasteiger partial charge is 0.354 e. The van der Waals surface area contributed by atoms with Crippen molar-refractivity contribution in [1.82, 2.24) is 4.98 Å². The van der Waals surface area contributed by atoms with Crippen molar-refractivity contribution in [2.45, 2.75) is 32.1 Å². The average Bonchev–Trinajstić information content (AvgIpc) is 3.36. The summed E-state index contributed by atoms with van der Waals surface area (Å²) in [4.78, 5) is 6.21. The summed E-state index contributed by atoms with van der Waals surface area (Å²) in [6.07, 6.45) is 8.88. The maximum absolute atomic E-state index is 3.70. The first-order valence-corrected chi connectivity index (χ1v) is 13.9. The predicted octanol–water partition coefficient (Wildman–Crippen LogP) is 10.2. The van der Waals surface area contributed by atoms with Crippen LogP contribution in [0.4, 0.5) is 11.4 Å². The number of fused-ring (bicyclic) bond motifs is 7. The Morgan fingerprint density at radius 3 is 2.38 bits per heavy atom. The number of nitrogens with one attached hydrogen (secondary N) is 1. The van der Waals surface area contributed by atoms with Gasteiger partial charge in [-0.1, -0.05) is 98.8 Å². The second kappa shape index (κ2) is 8.22. The Labute approximate surface area is 228 Å². The maximum Gasteiger partial charge on any atom is 0.0505 e. The summed E-state index contributed by atoms with van der Waals surface area (Å²) in [6, 6.07) is 36.0. The van der Waals surface area contributed by atoms with Gasteiger partial charge in [-0.2, -0.15) is 0 Å². The minimum absolute atomic E-state index is 0.0752. The summed E-state index contributed by atoms with van der Waals surface area (Å²) in [5.74, 6) is 0. The van der Waals surface area contributed by atoms with Crippen molar-refractivity contribution < 1.29 is 0 Å². The number of allylic oxidation sites excluding steroid dienone is 4. The van der Waals surface area contributed by atoms with Crippen LogP contribution in [0, 0.1) is 0 Å². The van der Waals surface area contributed by atoms with Gasteiger partial charge in [0.05, 0.1) is 5.69 Å². The van der Waals surface area contributed by atoms with E-state index in [1.54, 1.807) is 0 Å². The SMILES string of the molecule is CC1(C)c2ccccc2N(C2=CC=CCC2)c2cc(-c3ccc4c(c3)[nH]c3ccc5ccccc5c34)ccc21. The molecule has 2 aliphatic rings. The van der Waals surface area contributed by atoms with Crippen molar-refractivity contribution in [3.05, 3.63) is 132 Å². The number of anilines is 2. The van der Waals surface area contributed by atoms with Gasteiger partial charge < -0.3 is 9.88 Å². The highest BCUT2D eigenvalue weighted by Gasteiger charge is 2.37. The third kappa shape index (κ3) is 3.28. The van der Waals surface area contributed by atoms with Crippen LogP contribution in [0.5, 0.6) is 0 Å².